The molecule has 5 nitrogen and oxygen atoms in total. The predicted molar refractivity (Wildman–Crippen MR) is 83.0 cm³/mol. The molecule has 0 aliphatic heterocycles. The summed E-state index contributed by atoms with van der Waals surface area (Å²) in [5, 5.41) is 2.85. The molecule has 1 aromatic rings. The van der Waals surface area contributed by atoms with E-state index in [1.54, 1.807) is 7.11 Å². The number of carbonyl (C=O) groups excluding carboxylic acids is 1. The lowest BCUT2D eigenvalue weighted by Gasteiger charge is -2.34. The van der Waals surface area contributed by atoms with Gasteiger partial charge in [-0.1, -0.05) is 13.8 Å². The van der Waals surface area contributed by atoms with Gasteiger partial charge in [-0.3, -0.25) is 4.79 Å². The molecular weight excluding hydrogens is 266 g/mol. The van der Waals surface area contributed by atoms with Crippen molar-refractivity contribution < 1.29 is 9.53 Å². The monoisotopic (exact) mass is 293 g/mol. The minimum atomic E-state index is 0.0638. The van der Waals surface area contributed by atoms with Crippen molar-refractivity contribution >= 4 is 5.91 Å². The summed E-state index contributed by atoms with van der Waals surface area (Å²) in [4.78, 5) is 11.8. The van der Waals surface area contributed by atoms with E-state index >= 15 is 0 Å². The number of nitrogens with one attached hydrogen (secondary N) is 1. The van der Waals surface area contributed by atoms with Crippen LogP contribution in [0.1, 0.15) is 44.0 Å². The number of carbonyl (C=O) groups is 1. The Morgan fingerprint density at radius 2 is 2.33 bits per heavy atom. The molecule has 0 bridgehead atoms. The molecule has 0 spiro atoms. The Hall–Kier alpha value is -1.33. The number of hydrogen-bond donors (Lipinski definition) is 2. The number of fused-ring (bicyclic) bond motifs is 1. The fourth-order valence-electron chi connectivity index (χ4n) is 3.11. The Morgan fingerprint density at radius 1 is 1.57 bits per heavy atom. The number of amides is 1. The van der Waals surface area contributed by atoms with Crippen molar-refractivity contribution in [2.75, 3.05) is 20.3 Å². The van der Waals surface area contributed by atoms with Crippen LogP contribution >= 0.6 is 0 Å². The first-order valence-corrected chi connectivity index (χ1v) is 7.62. The van der Waals surface area contributed by atoms with E-state index in [0.717, 1.165) is 12.8 Å². The molecule has 21 heavy (non-hydrogen) atoms. The number of rotatable bonds is 6. The van der Waals surface area contributed by atoms with E-state index < -0.39 is 0 Å². The summed E-state index contributed by atoms with van der Waals surface area (Å²) in [5.74, 6) is 0.0638. The van der Waals surface area contributed by atoms with Gasteiger partial charge in [-0.25, -0.2) is 0 Å². The van der Waals surface area contributed by atoms with Gasteiger partial charge in [-0.05, 0) is 29.9 Å². The van der Waals surface area contributed by atoms with Crippen LogP contribution in [0.4, 0.5) is 0 Å². The molecule has 0 saturated carbocycles. The fraction of sp³-hybridized carbons (Fsp3) is 0.688. The van der Waals surface area contributed by atoms with Crippen LogP contribution in [0.15, 0.2) is 12.3 Å². The molecule has 0 radical (unpaired) electrons. The normalized spacial score (nSPS) is 20.1. The molecule has 0 saturated heterocycles. The summed E-state index contributed by atoms with van der Waals surface area (Å²) in [5.41, 5.74) is 9.03. The zero-order chi connectivity index (χ0) is 15.5. The van der Waals surface area contributed by atoms with Gasteiger partial charge < -0.3 is 20.4 Å². The minimum Gasteiger partial charge on any atom is -0.383 e. The first kappa shape index (κ1) is 16.0. The Labute approximate surface area is 126 Å². The third-order valence-electron chi connectivity index (χ3n) is 4.14. The highest BCUT2D eigenvalue weighted by atomic mass is 16.5. The summed E-state index contributed by atoms with van der Waals surface area (Å²) < 4.78 is 7.10. The molecule has 1 amide bonds. The maximum atomic E-state index is 11.8. The van der Waals surface area contributed by atoms with Gasteiger partial charge in [0.2, 0.25) is 5.91 Å². The lowest BCUT2D eigenvalue weighted by Crippen LogP contribution is -2.31. The smallest absolute Gasteiger partial charge is 0.221 e. The highest BCUT2D eigenvalue weighted by molar-refractivity contribution is 5.75. The van der Waals surface area contributed by atoms with E-state index in [-0.39, 0.29) is 17.4 Å². The molecule has 5 heteroatoms. The second-order valence-corrected chi connectivity index (χ2v) is 6.66. The lowest BCUT2D eigenvalue weighted by molar-refractivity contribution is -0.121. The average Bonchev–Trinajstić information content (AvgIpc) is 2.78. The third-order valence-corrected chi connectivity index (χ3v) is 4.14. The fourth-order valence-corrected chi connectivity index (χ4v) is 3.11. The van der Waals surface area contributed by atoms with Crippen molar-refractivity contribution in [3.8, 4) is 0 Å². The van der Waals surface area contributed by atoms with Gasteiger partial charge in [-0.2, -0.15) is 0 Å². The predicted octanol–water partition coefficient (Wildman–Crippen LogP) is 1.61. The van der Waals surface area contributed by atoms with E-state index in [0.29, 0.717) is 26.1 Å². The van der Waals surface area contributed by atoms with Crippen molar-refractivity contribution in [3.63, 3.8) is 0 Å². The van der Waals surface area contributed by atoms with Crippen LogP contribution in [0.5, 0.6) is 0 Å². The molecule has 1 aromatic heterocycles. The van der Waals surface area contributed by atoms with E-state index in [2.05, 4.69) is 36.0 Å². The van der Waals surface area contributed by atoms with Crippen LogP contribution < -0.4 is 11.1 Å². The number of nitrogens with zero attached hydrogens (tertiary/aromatic N) is 1. The van der Waals surface area contributed by atoms with Crippen LogP contribution in [0, 0.1) is 5.41 Å². The van der Waals surface area contributed by atoms with Gasteiger partial charge in [0.05, 0.1) is 6.61 Å². The second kappa shape index (κ2) is 6.62. The largest absolute Gasteiger partial charge is 0.383 e. The SMILES string of the molecule is COCCNC(=O)CCn1ccc2c1CC(C)(C)CC2N. The number of nitrogens with two attached hydrogens (primary N) is 1. The zero-order valence-corrected chi connectivity index (χ0v) is 13.3. The van der Waals surface area contributed by atoms with Gasteiger partial charge in [0.1, 0.15) is 0 Å². The molecule has 118 valence electrons. The van der Waals surface area contributed by atoms with Gasteiger partial charge in [0.15, 0.2) is 0 Å². The number of aryl methyl sites for hydroxylation is 1. The molecule has 1 atom stereocenters. The number of methoxy groups -OCH3 is 1. The van der Waals surface area contributed by atoms with E-state index in [1.165, 1.54) is 11.3 Å². The quantitative estimate of drug-likeness (QED) is 0.783. The number of hydrogen-bond acceptors (Lipinski definition) is 3. The van der Waals surface area contributed by atoms with Crippen LogP contribution in [-0.2, 0) is 22.5 Å². The van der Waals surface area contributed by atoms with Gasteiger partial charge in [0.25, 0.3) is 0 Å². The zero-order valence-electron chi connectivity index (χ0n) is 13.3. The summed E-state index contributed by atoms with van der Waals surface area (Å²) in [6, 6.07) is 2.22. The Morgan fingerprint density at radius 3 is 3.05 bits per heavy atom. The Bertz CT molecular complexity index is 494. The summed E-state index contributed by atoms with van der Waals surface area (Å²) in [6.45, 7) is 6.33. The molecule has 1 aliphatic rings. The van der Waals surface area contributed by atoms with Crippen molar-refractivity contribution in [1.82, 2.24) is 9.88 Å². The van der Waals surface area contributed by atoms with Crippen LogP contribution in [0.3, 0.4) is 0 Å². The first-order valence-electron chi connectivity index (χ1n) is 7.62. The third kappa shape index (κ3) is 4.08. The molecule has 3 N–H and O–H groups in total. The van der Waals surface area contributed by atoms with Gasteiger partial charge >= 0.3 is 0 Å². The van der Waals surface area contributed by atoms with Crippen molar-refractivity contribution in [2.45, 2.75) is 45.7 Å². The van der Waals surface area contributed by atoms with Crippen LogP contribution in [0.2, 0.25) is 0 Å². The summed E-state index contributed by atoms with van der Waals surface area (Å²) in [7, 11) is 1.63. The van der Waals surface area contributed by atoms with Gasteiger partial charge in [-0.15, -0.1) is 0 Å². The maximum Gasteiger partial charge on any atom is 0.221 e. The minimum absolute atomic E-state index is 0.0638. The van der Waals surface area contributed by atoms with E-state index in [9.17, 15) is 4.79 Å². The lowest BCUT2D eigenvalue weighted by atomic mass is 9.74. The maximum absolute atomic E-state index is 11.8. The topological polar surface area (TPSA) is 69.3 Å². The molecule has 0 fully saturated rings. The summed E-state index contributed by atoms with van der Waals surface area (Å²) >= 11 is 0. The van der Waals surface area contributed by atoms with Crippen molar-refractivity contribution in [3.05, 3.63) is 23.5 Å². The Balaban J connectivity index is 1.95. The molecule has 1 heterocycles. The molecular formula is C16H27N3O2. The first-order chi connectivity index (χ1) is 9.93. The van der Waals surface area contributed by atoms with Crippen LogP contribution in [0.25, 0.3) is 0 Å². The van der Waals surface area contributed by atoms with Crippen molar-refractivity contribution in [1.29, 1.82) is 0 Å². The number of ether oxygens (including phenoxy) is 1. The highest BCUT2D eigenvalue weighted by Gasteiger charge is 2.32. The highest BCUT2D eigenvalue weighted by Crippen LogP contribution is 2.39. The Kier molecular flexibility index (Phi) is 5.06. The summed E-state index contributed by atoms with van der Waals surface area (Å²) in [6.07, 6.45) is 4.59. The second-order valence-electron chi connectivity index (χ2n) is 6.66. The average molecular weight is 293 g/mol. The molecule has 1 unspecified atom stereocenters. The van der Waals surface area contributed by atoms with E-state index in [1.807, 2.05) is 0 Å². The molecule has 1 aliphatic carbocycles. The van der Waals surface area contributed by atoms with Crippen LogP contribution in [-0.4, -0.2) is 30.7 Å². The molecule has 2 rings (SSSR count). The van der Waals surface area contributed by atoms with Gasteiger partial charge in [0, 0.05) is 44.6 Å². The van der Waals surface area contributed by atoms with Crippen molar-refractivity contribution in [2.24, 2.45) is 11.1 Å². The van der Waals surface area contributed by atoms with E-state index in [4.69, 9.17) is 10.5 Å². The molecule has 0 aromatic carbocycles. The number of aromatic nitrogens is 1. The standard InChI is InChI=1S/C16H27N3O2/c1-16(2)10-13(17)12-4-7-19(14(12)11-16)8-5-15(20)18-6-9-21-3/h4,7,13H,5-6,8-11,17H2,1-3H3,(H,18,20).